The van der Waals surface area contributed by atoms with Crippen molar-refractivity contribution in [2.75, 3.05) is 6.54 Å². The van der Waals surface area contributed by atoms with Crippen molar-refractivity contribution in [1.29, 1.82) is 0 Å². The number of carboxylic acid groups (broad SMARTS) is 1. The summed E-state index contributed by atoms with van der Waals surface area (Å²) in [5, 5.41) is 14.4. The van der Waals surface area contributed by atoms with E-state index in [1.165, 1.54) is 0 Å². The number of nitrogens with zero attached hydrogens (tertiary/aromatic N) is 1. The van der Waals surface area contributed by atoms with E-state index in [0.717, 1.165) is 12.8 Å². The van der Waals surface area contributed by atoms with E-state index in [0.29, 0.717) is 12.1 Å². The monoisotopic (exact) mass is 272 g/mol. The number of oxime groups is 1. The molecule has 1 amide bonds. The van der Waals surface area contributed by atoms with Crippen molar-refractivity contribution >= 4 is 18.3 Å². The molecule has 0 aliphatic heterocycles. The lowest BCUT2D eigenvalue weighted by Gasteiger charge is -2.21. The number of carboxylic acids is 1. The van der Waals surface area contributed by atoms with E-state index in [-0.39, 0.29) is 12.6 Å². The van der Waals surface area contributed by atoms with Gasteiger partial charge in [-0.3, -0.25) is 0 Å². The Morgan fingerprint density at radius 3 is 2.58 bits per heavy atom. The van der Waals surface area contributed by atoms with Crippen molar-refractivity contribution in [3.05, 3.63) is 0 Å². The highest BCUT2D eigenvalue weighted by molar-refractivity contribution is 6.21. The number of carbonyl (C=O) groups is 2. The molecule has 7 heteroatoms. The number of hydrogen-bond donors (Lipinski definition) is 2. The van der Waals surface area contributed by atoms with E-state index < -0.39 is 17.7 Å². The molecule has 0 heterocycles. The molecule has 0 spiro atoms. The molecule has 19 heavy (non-hydrogen) atoms. The predicted octanol–water partition coefficient (Wildman–Crippen LogP) is 1.38. The maximum absolute atomic E-state index is 11.5. The first-order valence-electron chi connectivity index (χ1n) is 6.17. The summed E-state index contributed by atoms with van der Waals surface area (Å²) in [7, 11) is 0. The first-order valence-corrected chi connectivity index (χ1v) is 6.17. The smallest absolute Gasteiger partial charge is 0.407 e. The third-order valence-electron chi connectivity index (χ3n) is 2.35. The van der Waals surface area contributed by atoms with Crippen LogP contribution in [0.5, 0.6) is 0 Å². The van der Waals surface area contributed by atoms with Crippen LogP contribution in [0.3, 0.4) is 0 Å². The Bertz CT molecular complexity index is 358. The van der Waals surface area contributed by atoms with Gasteiger partial charge in [-0.05, 0) is 33.6 Å². The topological polar surface area (TPSA) is 97.2 Å². The van der Waals surface area contributed by atoms with Gasteiger partial charge in [-0.25, -0.2) is 9.59 Å². The highest BCUT2D eigenvalue weighted by Gasteiger charge is 2.33. The summed E-state index contributed by atoms with van der Waals surface area (Å²) in [6.45, 7) is 5.58. The second kappa shape index (κ2) is 6.40. The van der Waals surface area contributed by atoms with Gasteiger partial charge < -0.3 is 20.0 Å². The van der Waals surface area contributed by atoms with Crippen molar-refractivity contribution in [2.45, 2.75) is 45.3 Å². The maximum atomic E-state index is 11.5. The average molecular weight is 272 g/mol. The summed E-state index contributed by atoms with van der Waals surface area (Å²) in [6.07, 6.45) is 1.82. The van der Waals surface area contributed by atoms with Crippen molar-refractivity contribution in [3.63, 3.8) is 0 Å². The molecule has 0 aromatic heterocycles. The summed E-state index contributed by atoms with van der Waals surface area (Å²) >= 11 is 0. The molecule has 1 atom stereocenters. The molecule has 7 nitrogen and oxygen atoms in total. The molecule has 0 aromatic carbocycles. The van der Waals surface area contributed by atoms with Crippen LogP contribution in [-0.4, -0.2) is 41.6 Å². The van der Waals surface area contributed by atoms with E-state index in [1.54, 1.807) is 20.8 Å². The first-order chi connectivity index (χ1) is 8.78. The van der Waals surface area contributed by atoms with Crippen molar-refractivity contribution < 1.29 is 24.3 Å². The number of nitrogens with one attached hydrogen (secondary N) is 1. The molecule has 1 rings (SSSR count). The number of carbonyl (C=O) groups excluding carboxylic acids is 1. The molecular formula is C12H20N2O5. The van der Waals surface area contributed by atoms with Gasteiger partial charge in [0.1, 0.15) is 11.7 Å². The summed E-state index contributed by atoms with van der Waals surface area (Å²) in [5.41, 5.74) is -0.554. The maximum Gasteiger partial charge on any atom is 0.407 e. The Morgan fingerprint density at radius 2 is 2.11 bits per heavy atom. The lowest BCUT2D eigenvalue weighted by molar-refractivity contribution is -0.129. The SMILES string of the molecule is CC(C)(C)OC(=O)NCC(O/N=C\C(=O)O)C1CC1. The minimum atomic E-state index is -1.17. The fourth-order valence-corrected chi connectivity index (χ4v) is 1.41. The highest BCUT2D eigenvalue weighted by Crippen LogP contribution is 2.34. The fourth-order valence-electron chi connectivity index (χ4n) is 1.41. The molecule has 2 N–H and O–H groups in total. The van der Waals surface area contributed by atoms with Crippen LogP contribution in [0, 0.1) is 5.92 Å². The molecule has 0 saturated heterocycles. The van der Waals surface area contributed by atoms with Crippen LogP contribution in [0.4, 0.5) is 4.79 Å². The molecule has 0 bridgehead atoms. The van der Waals surface area contributed by atoms with Crippen molar-refractivity contribution in [2.24, 2.45) is 11.1 Å². The Hall–Kier alpha value is -1.79. The quantitative estimate of drug-likeness (QED) is 0.562. The van der Waals surface area contributed by atoms with Crippen molar-refractivity contribution in [1.82, 2.24) is 5.32 Å². The van der Waals surface area contributed by atoms with Gasteiger partial charge in [0.05, 0.1) is 6.54 Å². The summed E-state index contributed by atoms with van der Waals surface area (Å²) < 4.78 is 5.09. The molecule has 108 valence electrons. The van der Waals surface area contributed by atoms with Crippen LogP contribution in [-0.2, 0) is 14.4 Å². The predicted molar refractivity (Wildman–Crippen MR) is 68.0 cm³/mol. The molecule has 0 aromatic rings. The third kappa shape index (κ3) is 7.28. The van der Waals surface area contributed by atoms with Gasteiger partial charge in [0.2, 0.25) is 0 Å². The zero-order valence-corrected chi connectivity index (χ0v) is 11.4. The fraction of sp³-hybridized carbons (Fsp3) is 0.750. The Balaban J connectivity index is 2.34. The summed E-state index contributed by atoms with van der Waals surface area (Å²) in [6, 6.07) is 0. The molecule has 1 unspecified atom stereocenters. The van der Waals surface area contributed by atoms with Crippen molar-refractivity contribution in [3.8, 4) is 0 Å². The lowest BCUT2D eigenvalue weighted by Crippen LogP contribution is -2.38. The average Bonchev–Trinajstić information content (AvgIpc) is 3.03. The van der Waals surface area contributed by atoms with E-state index in [1.807, 2.05) is 0 Å². The van der Waals surface area contributed by atoms with Crippen LogP contribution in [0.2, 0.25) is 0 Å². The molecule has 1 saturated carbocycles. The zero-order valence-electron chi connectivity index (χ0n) is 11.4. The van der Waals surface area contributed by atoms with Crippen LogP contribution in [0.15, 0.2) is 5.16 Å². The third-order valence-corrected chi connectivity index (χ3v) is 2.35. The molecule has 0 radical (unpaired) electrons. The largest absolute Gasteiger partial charge is 0.477 e. The highest BCUT2D eigenvalue weighted by atomic mass is 16.6. The number of aliphatic carboxylic acids is 1. The van der Waals surface area contributed by atoms with Crippen LogP contribution in [0.25, 0.3) is 0 Å². The van der Waals surface area contributed by atoms with Crippen LogP contribution in [0.1, 0.15) is 33.6 Å². The molecule has 1 fully saturated rings. The zero-order chi connectivity index (χ0) is 14.5. The standard InChI is InChI=1S/C12H20N2O5/c1-12(2,3)18-11(17)13-6-9(8-4-5-8)19-14-7-10(15)16/h7-9H,4-6H2,1-3H3,(H,13,17)(H,15,16)/b14-7-. The van der Waals surface area contributed by atoms with Crippen LogP contribution >= 0.6 is 0 Å². The second-order valence-corrected chi connectivity index (χ2v) is 5.44. The van der Waals surface area contributed by atoms with Gasteiger partial charge >= 0.3 is 12.1 Å². The van der Waals surface area contributed by atoms with Gasteiger partial charge in [0, 0.05) is 5.92 Å². The first kappa shape index (κ1) is 15.3. The molecular weight excluding hydrogens is 252 g/mol. The second-order valence-electron chi connectivity index (χ2n) is 5.44. The number of alkyl carbamates (subject to hydrolysis) is 1. The normalized spacial score (nSPS) is 17.0. The van der Waals surface area contributed by atoms with Gasteiger partial charge in [0.15, 0.2) is 6.21 Å². The minimum absolute atomic E-state index is 0.247. The van der Waals surface area contributed by atoms with Gasteiger partial charge in [-0.1, -0.05) is 5.16 Å². The number of rotatable bonds is 6. The van der Waals surface area contributed by atoms with Gasteiger partial charge in [0.25, 0.3) is 0 Å². The van der Waals surface area contributed by atoms with E-state index in [4.69, 9.17) is 14.7 Å². The molecule has 1 aliphatic carbocycles. The van der Waals surface area contributed by atoms with E-state index in [2.05, 4.69) is 10.5 Å². The van der Waals surface area contributed by atoms with Crippen LogP contribution < -0.4 is 5.32 Å². The van der Waals surface area contributed by atoms with Gasteiger partial charge in [-0.15, -0.1) is 0 Å². The Morgan fingerprint density at radius 1 is 1.47 bits per heavy atom. The number of amides is 1. The summed E-state index contributed by atoms with van der Waals surface area (Å²) in [5.74, 6) is -0.865. The van der Waals surface area contributed by atoms with Gasteiger partial charge in [-0.2, -0.15) is 0 Å². The lowest BCUT2D eigenvalue weighted by atomic mass is 10.2. The minimum Gasteiger partial charge on any atom is -0.477 e. The summed E-state index contributed by atoms with van der Waals surface area (Å²) in [4.78, 5) is 26.8. The molecule has 1 aliphatic rings. The van der Waals surface area contributed by atoms with E-state index >= 15 is 0 Å². The number of hydrogen-bond acceptors (Lipinski definition) is 5. The Labute approximate surface area is 111 Å². The van der Waals surface area contributed by atoms with E-state index in [9.17, 15) is 9.59 Å². The number of ether oxygens (including phenoxy) is 1. The Kier molecular flexibility index (Phi) is 5.14.